The van der Waals surface area contributed by atoms with Gasteiger partial charge in [-0.3, -0.25) is 14.4 Å². The first kappa shape index (κ1) is 18.5. The molecule has 0 radical (unpaired) electrons. The molecule has 3 rings (SSSR count). The van der Waals surface area contributed by atoms with Crippen molar-refractivity contribution in [2.75, 3.05) is 10.6 Å². The Morgan fingerprint density at radius 1 is 1.07 bits per heavy atom. The van der Waals surface area contributed by atoms with Crippen LogP contribution in [-0.2, 0) is 19.6 Å². The van der Waals surface area contributed by atoms with E-state index in [-0.39, 0.29) is 11.3 Å². The summed E-state index contributed by atoms with van der Waals surface area (Å²) in [5.74, 6) is -1.49. The van der Waals surface area contributed by atoms with Crippen molar-refractivity contribution < 1.29 is 22.8 Å². The molecule has 1 aliphatic rings. The SMILES string of the molecule is NS(=O)(=O)c1ccc(NC(=O)C[C@H]2NC(=O)c3ccccc3NC2=O)cc1. The highest BCUT2D eigenvalue weighted by molar-refractivity contribution is 7.89. The van der Waals surface area contributed by atoms with Gasteiger partial charge in [0, 0.05) is 5.69 Å². The summed E-state index contributed by atoms with van der Waals surface area (Å²) < 4.78 is 22.5. The fourth-order valence-electron chi connectivity index (χ4n) is 2.58. The minimum absolute atomic E-state index is 0.0892. The van der Waals surface area contributed by atoms with Gasteiger partial charge in [-0.15, -0.1) is 0 Å². The Hall–Kier alpha value is -3.24. The normalized spacial score (nSPS) is 16.6. The third kappa shape index (κ3) is 4.30. The summed E-state index contributed by atoms with van der Waals surface area (Å²) in [6, 6.07) is 10.7. The van der Waals surface area contributed by atoms with Gasteiger partial charge in [-0.2, -0.15) is 0 Å². The molecular weight excluding hydrogens is 372 g/mol. The second-order valence-electron chi connectivity index (χ2n) is 5.88. The number of nitrogens with two attached hydrogens (primary N) is 1. The number of primary sulfonamides is 1. The number of para-hydroxylation sites is 1. The monoisotopic (exact) mass is 388 g/mol. The van der Waals surface area contributed by atoms with Crippen LogP contribution >= 0.6 is 0 Å². The number of anilines is 2. The lowest BCUT2D eigenvalue weighted by atomic mass is 10.1. The zero-order valence-electron chi connectivity index (χ0n) is 13.9. The van der Waals surface area contributed by atoms with Crippen LogP contribution in [0.25, 0.3) is 0 Å². The van der Waals surface area contributed by atoms with Crippen molar-refractivity contribution in [3.8, 4) is 0 Å². The Kier molecular flexibility index (Phi) is 4.93. The van der Waals surface area contributed by atoms with Crippen molar-refractivity contribution in [1.82, 2.24) is 5.32 Å². The fraction of sp³-hybridized carbons (Fsp3) is 0.118. The molecule has 0 spiro atoms. The first-order chi connectivity index (χ1) is 12.7. The van der Waals surface area contributed by atoms with Gasteiger partial charge in [0.1, 0.15) is 6.04 Å². The lowest BCUT2D eigenvalue weighted by Gasteiger charge is -2.14. The topological polar surface area (TPSA) is 147 Å². The zero-order valence-corrected chi connectivity index (χ0v) is 14.7. The molecule has 10 heteroatoms. The summed E-state index contributed by atoms with van der Waals surface area (Å²) in [4.78, 5) is 36.6. The molecule has 2 aromatic carbocycles. The minimum atomic E-state index is -3.83. The molecule has 2 aromatic rings. The average Bonchev–Trinajstić information content (AvgIpc) is 2.71. The average molecular weight is 388 g/mol. The highest BCUT2D eigenvalue weighted by Gasteiger charge is 2.29. The van der Waals surface area contributed by atoms with Gasteiger partial charge < -0.3 is 16.0 Å². The third-order valence-electron chi connectivity index (χ3n) is 3.91. The van der Waals surface area contributed by atoms with Gasteiger partial charge in [-0.25, -0.2) is 13.6 Å². The number of rotatable bonds is 4. The standard InChI is InChI=1S/C17H16N4O5S/c18-27(25,26)11-7-5-10(6-8-11)19-15(22)9-14-17(24)20-13-4-2-1-3-12(13)16(23)21-14/h1-8,14H,9H2,(H,19,22)(H,20,24)(H,21,23)(H2,18,25,26)/t14-/m1/s1. The Bertz CT molecular complexity index is 1020. The lowest BCUT2D eigenvalue weighted by Crippen LogP contribution is -2.43. The second-order valence-corrected chi connectivity index (χ2v) is 7.44. The molecule has 3 amide bonds. The van der Waals surface area contributed by atoms with E-state index in [4.69, 9.17) is 5.14 Å². The third-order valence-corrected chi connectivity index (χ3v) is 4.84. The summed E-state index contributed by atoms with van der Waals surface area (Å²) in [6.45, 7) is 0. The van der Waals surface area contributed by atoms with Crippen molar-refractivity contribution in [2.45, 2.75) is 17.4 Å². The van der Waals surface area contributed by atoms with E-state index >= 15 is 0 Å². The smallest absolute Gasteiger partial charge is 0.254 e. The molecular formula is C17H16N4O5S. The second kappa shape index (κ2) is 7.17. The maximum atomic E-state index is 12.3. The summed E-state index contributed by atoms with van der Waals surface area (Å²) >= 11 is 0. The maximum absolute atomic E-state index is 12.3. The molecule has 9 nitrogen and oxygen atoms in total. The van der Waals surface area contributed by atoms with E-state index in [1.54, 1.807) is 24.3 Å². The molecule has 0 aromatic heterocycles. The van der Waals surface area contributed by atoms with E-state index in [0.717, 1.165) is 0 Å². The number of hydrogen-bond acceptors (Lipinski definition) is 5. The largest absolute Gasteiger partial charge is 0.340 e. The highest BCUT2D eigenvalue weighted by atomic mass is 32.2. The van der Waals surface area contributed by atoms with Gasteiger partial charge in [-0.05, 0) is 36.4 Å². The number of nitrogens with one attached hydrogen (secondary N) is 3. The van der Waals surface area contributed by atoms with Gasteiger partial charge in [0.05, 0.1) is 22.6 Å². The first-order valence-electron chi connectivity index (χ1n) is 7.87. The Morgan fingerprint density at radius 3 is 2.41 bits per heavy atom. The number of hydrogen-bond donors (Lipinski definition) is 4. The number of amides is 3. The molecule has 0 saturated carbocycles. The Labute approximate surface area is 155 Å². The molecule has 0 aliphatic carbocycles. The number of carbonyl (C=O) groups excluding carboxylic acids is 3. The van der Waals surface area contributed by atoms with Gasteiger partial charge in [-0.1, -0.05) is 12.1 Å². The predicted molar refractivity (Wildman–Crippen MR) is 97.4 cm³/mol. The number of sulfonamides is 1. The van der Waals surface area contributed by atoms with Crippen LogP contribution in [0, 0.1) is 0 Å². The number of fused-ring (bicyclic) bond motifs is 1. The van der Waals surface area contributed by atoms with Crippen LogP contribution in [0.15, 0.2) is 53.4 Å². The van der Waals surface area contributed by atoms with Gasteiger partial charge in [0.15, 0.2) is 0 Å². The minimum Gasteiger partial charge on any atom is -0.340 e. The number of benzene rings is 2. The van der Waals surface area contributed by atoms with Crippen LogP contribution in [0.2, 0.25) is 0 Å². The molecule has 140 valence electrons. The lowest BCUT2D eigenvalue weighted by molar-refractivity contribution is -0.122. The summed E-state index contributed by atoms with van der Waals surface area (Å²) in [7, 11) is -3.83. The van der Waals surface area contributed by atoms with E-state index in [0.29, 0.717) is 16.9 Å². The van der Waals surface area contributed by atoms with Gasteiger partial charge in [0.2, 0.25) is 21.8 Å². The Balaban J connectivity index is 1.67. The quantitative estimate of drug-likeness (QED) is 0.599. The molecule has 0 bridgehead atoms. The van der Waals surface area contributed by atoms with Crippen LogP contribution in [0.4, 0.5) is 11.4 Å². The maximum Gasteiger partial charge on any atom is 0.254 e. The fourth-order valence-corrected chi connectivity index (χ4v) is 3.10. The zero-order chi connectivity index (χ0) is 19.6. The van der Waals surface area contributed by atoms with Crippen LogP contribution < -0.4 is 21.1 Å². The van der Waals surface area contributed by atoms with Crippen LogP contribution in [0.1, 0.15) is 16.8 Å². The molecule has 1 atom stereocenters. The van der Waals surface area contributed by atoms with Crippen molar-refractivity contribution in [1.29, 1.82) is 0 Å². The molecule has 1 heterocycles. The Morgan fingerprint density at radius 2 is 1.74 bits per heavy atom. The van der Waals surface area contributed by atoms with Gasteiger partial charge in [0.25, 0.3) is 5.91 Å². The van der Waals surface area contributed by atoms with Crippen molar-refractivity contribution >= 4 is 39.1 Å². The molecule has 5 N–H and O–H groups in total. The van der Waals surface area contributed by atoms with Crippen LogP contribution in [-0.4, -0.2) is 32.2 Å². The number of carbonyl (C=O) groups is 3. The van der Waals surface area contributed by atoms with Crippen LogP contribution in [0.3, 0.4) is 0 Å². The predicted octanol–water partition coefficient (Wildman–Crippen LogP) is 0.413. The van der Waals surface area contributed by atoms with Crippen molar-refractivity contribution in [3.63, 3.8) is 0 Å². The molecule has 27 heavy (non-hydrogen) atoms. The highest BCUT2D eigenvalue weighted by Crippen LogP contribution is 2.19. The van der Waals surface area contributed by atoms with Gasteiger partial charge >= 0.3 is 0 Å². The van der Waals surface area contributed by atoms with E-state index in [2.05, 4.69) is 16.0 Å². The molecule has 0 saturated heterocycles. The van der Waals surface area contributed by atoms with E-state index in [1.807, 2.05) is 0 Å². The molecule has 0 fully saturated rings. The first-order valence-corrected chi connectivity index (χ1v) is 9.42. The van der Waals surface area contributed by atoms with Crippen molar-refractivity contribution in [2.24, 2.45) is 5.14 Å². The van der Waals surface area contributed by atoms with E-state index in [1.165, 1.54) is 24.3 Å². The van der Waals surface area contributed by atoms with E-state index < -0.39 is 33.8 Å². The summed E-state index contributed by atoms with van der Waals surface area (Å²) in [5, 5.41) is 12.7. The summed E-state index contributed by atoms with van der Waals surface area (Å²) in [5.41, 5.74) is 1.02. The van der Waals surface area contributed by atoms with E-state index in [9.17, 15) is 22.8 Å². The molecule has 1 aliphatic heterocycles. The van der Waals surface area contributed by atoms with Crippen LogP contribution in [0.5, 0.6) is 0 Å². The summed E-state index contributed by atoms with van der Waals surface area (Å²) in [6.07, 6.45) is -0.289. The molecule has 0 unspecified atom stereocenters. The van der Waals surface area contributed by atoms with Crippen molar-refractivity contribution in [3.05, 3.63) is 54.1 Å².